The lowest BCUT2D eigenvalue weighted by atomic mass is 9.89. The van der Waals surface area contributed by atoms with E-state index in [0.29, 0.717) is 0 Å². The third-order valence-electron chi connectivity index (χ3n) is 2.55. The van der Waals surface area contributed by atoms with Crippen molar-refractivity contribution in [3.8, 4) is 0 Å². The van der Waals surface area contributed by atoms with Crippen LogP contribution in [-0.4, -0.2) is 28.6 Å². The molecule has 70 valence electrons. The van der Waals surface area contributed by atoms with Crippen molar-refractivity contribution in [3.63, 3.8) is 0 Å². The van der Waals surface area contributed by atoms with Crippen LogP contribution in [-0.2, 0) is 0 Å². The van der Waals surface area contributed by atoms with Crippen LogP contribution < -0.4 is 10.6 Å². The van der Waals surface area contributed by atoms with Gasteiger partial charge < -0.3 is 10.6 Å². The molecule has 1 aliphatic rings. The molecule has 0 saturated carbocycles. The van der Waals surface area contributed by atoms with Crippen LogP contribution >= 0.6 is 0 Å². The molecule has 0 aromatic carbocycles. The first-order valence-electron chi connectivity index (χ1n) is 4.54. The minimum Gasteiger partial charge on any atom is -0.337 e. The molecule has 2 rings (SSSR count). The van der Waals surface area contributed by atoms with E-state index < -0.39 is 0 Å². The fraction of sp³-hybridized carbons (Fsp3) is 0.556. The second-order valence-electron chi connectivity index (χ2n) is 3.62. The van der Waals surface area contributed by atoms with E-state index in [9.17, 15) is 0 Å². The summed E-state index contributed by atoms with van der Waals surface area (Å²) in [4.78, 5) is 10.4. The van der Waals surface area contributed by atoms with Crippen LogP contribution in [0.25, 0.3) is 0 Å². The Morgan fingerprint density at radius 3 is 2.62 bits per heavy atom. The van der Waals surface area contributed by atoms with E-state index in [4.69, 9.17) is 5.73 Å². The second-order valence-corrected chi connectivity index (χ2v) is 3.62. The quantitative estimate of drug-likeness (QED) is 0.712. The van der Waals surface area contributed by atoms with Crippen LogP contribution in [0.2, 0.25) is 0 Å². The number of hydrogen-bond donors (Lipinski definition) is 1. The maximum atomic E-state index is 6.03. The lowest BCUT2D eigenvalue weighted by Gasteiger charge is -2.47. The van der Waals surface area contributed by atoms with Crippen molar-refractivity contribution in [3.05, 3.63) is 18.5 Å². The zero-order valence-corrected chi connectivity index (χ0v) is 7.77. The first kappa shape index (κ1) is 8.44. The van der Waals surface area contributed by atoms with E-state index in [1.165, 1.54) is 0 Å². The molecule has 1 saturated heterocycles. The first-order chi connectivity index (χ1) is 6.23. The Hall–Kier alpha value is -1.16. The maximum Gasteiger partial charge on any atom is 0.225 e. The molecule has 13 heavy (non-hydrogen) atoms. The summed E-state index contributed by atoms with van der Waals surface area (Å²) in [5.41, 5.74) is 6.02. The first-order valence-corrected chi connectivity index (χ1v) is 4.54. The van der Waals surface area contributed by atoms with Gasteiger partial charge in [-0.05, 0) is 12.5 Å². The number of nitrogens with two attached hydrogens (primary N) is 1. The summed E-state index contributed by atoms with van der Waals surface area (Å²) < 4.78 is 0. The van der Waals surface area contributed by atoms with Crippen molar-refractivity contribution in [1.82, 2.24) is 9.97 Å². The Labute approximate surface area is 77.8 Å². The largest absolute Gasteiger partial charge is 0.337 e. The van der Waals surface area contributed by atoms with Crippen molar-refractivity contribution in [2.45, 2.75) is 18.9 Å². The van der Waals surface area contributed by atoms with Crippen LogP contribution in [0, 0.1) is 0 Å². The molecule has 1 aliphatic heterocycles. The Morgan fingerprint density at radius 1 is 1.46 bits per heavy atom. The van der Waals surface area contributed by atoms with Gasteiger partial charge in [-0.25, -0.2) is 9.97 Å². The van der Waals surface area contributed by atoms with Gasteiger partial charge in [-0.1, -0.05) is 6.92 Å². The molecule has 0 aliphatic carbocycles. The average molecular weight is 178 g/mol. The summed E-state index contributed by atoms with van der Waals surface area (Å²) >= 11 is 0. The van der Waals surface area contributed by atoms with E-state index in [1.54, 1.807) is 12.4 Å². The molecular formula is C9H14N4. The van der Waals surface area contributed by atoms with E-state index in [2.05, 4.69) is 21.8 Å². The third-order valence-corrected chi connectivity index (χ3v) is 2.55. The predicted molar refractivity (Wildman–Crippen MR) is 51.5 cm³/mol. The van der Waals surface area contributed by atoms with Gasteiger partial charge in [0.05, 0.1) is 5.54 Å². The Kier molecular flexibility index (Phi) is 1.92. The highest BCUT2D eigenvalue weighted by atomic mass is 15.3. The van der Waals surface area contributed by atoms with Gasteiger partial charge in [-0.3, -0.25) is 0 Å². The molecule has 0 bridgehead atoms. The van der Waals surface area contributed by atoms with Gasteiger partial charge in [0.1, 0.15) is 0 Å². The Balaban J connectivity index is 2.01. The third kappa shape index (κ3) is 1.49. The van der Waals surface area contributed by atoms with Gasteiger partial charge in [0, 0.05) is 25.5 Å². The van der Waals surface area contributed by atoms with Gasteiger partial charge in [-0.2, -0.15) is 0 Å². The molecule has 0 atom stereocenters. The van der Waals surface area contributed by atoms with E-state index in [0.717, 1.165) is 25.5 Å². The Bertz CT molecular complexity index is 279. The maximum absolute atomic E-state index is 6.03. The van der Waals surface area contributed by atoms with Crippen LogP contribution in [0.3, 0.4) is 0 Å². The molecule has 0 amide bonds. The molecule has 2 N–H and O–H groups in total. The number of nitrogens with zero attached hydrogens (tertiary/aromatic N) is 3. The smallest absolute Gasteiger partial charge is 0.225 e. The summed E-state index contributed by atoms with van der Waals surface area (Å²) in [6, 6.07) is 1.82. The number of rotatable bonds is 2. The molecule has 0 unspecified atom stereocenters. The SMILES string of the molecule is CCC1(N)CN(c2ncccn2)C1. The number of aromatic nitrogens is 2. The summed E-state index contributed by atoms with van der Waals surface area (Å²) in [5, 5.41) is 0. The van der Waals surface area contributed by atoms with E-state index in [-0.39, 0.29) is 5.54 Å². The summed E-state index contributed by atoms with van der Waals surface area (Å²) in [6.45, 7) is 3.85. The van der Waals surface area contributed by atoms with Gasteiger partial charge in [0.25, 0.3) is 0 Å². The average Bonchev–Trinajstić information content (AvgIpc) is 2.14. The minimum absolute atomic E-state index is 0.0147. The zero-order chi connectivity index (χ0) is 9.31. The van der Waals surface area contributed by atoms with Crippen LogP contribution in [0.4, 0.5) is 5.95 Å². The molecule has 1 aromatic heterocycles. The number of anilines is 1. The summed E-state index contributed by atoms with van der Waals surface area (Å²) in [7, 11) is 0. The minimum atomic E-state index is -0.0147. The predicted octanol–water partition coefficient (Wildman–Crippen LogP) is 0.404. The van der Waals surface area contributed by atoms with Crippen molar-refractivity contribution < 1.29 is 0 Å². The lowest BCUT2D eigenvalue weighted by molar-refractivity contribution is 0.318. The van der Waals surface area contributed by atoms with Crippen LogP contribution in [0.1, 0.15) is 13.3 Å². The summed E-state index contributed by atoms with van der Waals surface area (Å²) in [6.07, 6.45) is 4.52. The van der Waals surface area contributed by atoms with E-state index >= 15 is 0 Å². The molecule has 1 aromatic rings. The van der Waals surface area contributed by atoms with Crippen molar-refractivity contribution in [1.29, 1.82) is 0 Å². The van der Waals surface area contributed by atoms with Gasteiger partial charge >= 0.3 is 0 Å². The lowest BCUT2D eigenvalue weighted by Crippen LogP contribution is -2.67. The molecule has 0 radical (unpaired) electrons. The second kappa shape index (κ2) is 2.96. The van der Waals surface area contributed by atoms with Crippen molar-refractivity contribution in [2.75, 3.05) is 18.0 Å². The Morgan fingerprint density at radius 2 is 2.08 bits per heavy atom. The molecular weight excluding hydrogens is 164 g/mol. The van der Waals surface area contributed by atoms with E-state index in [1.807, 2.05) is 6.07 Å². The highest BCUT2D eigenvalue weighted by Crippen LogP contribution is 2.24. The molecule has 2 heterocycles. The monoisotopic (exact) mass is 178 g/mol. The zero-order valence-electron chi connectivity index (χ0n) is 7.77. The fourth-order valence-electron chi connectivity index (χ4n) is 1.53. The molecule has 0 spiro atoms. The van der Waals surface area contributed by atoms with Gasteiger partial charge in [-0.15, -0.1) is 0 Å². The highest BCUT2D eigenvalue weighted by molar-refractivity contribution is 5.37. The normalized spacial score (nSPS) is 19.7. The van der Waals surface area contributed by atoms with Crippen LogP contribution in [0.5, 0.6) is 0 Å². The van der Waals surface area contributed by atoms with Crippen LogP contribution in [0.15, 0.2) is 18.5 Å². The number of hydrogen-bond acceptors (Lipinski definition) is 4. The fourth-order valence-corrected chi connectivity index (χ4v) is 1.53. The standard InChI is InChI=1S/C9H14N4/c1-2-9(10)6-13(7-9)8-11-4-3-5-12-8/h3-5H,2,6-7,10H2,1H3. The molecule has 1 fully saturated rings. The van der Waals surface area contributed by atoms with Gasteiger partial charge in [0.2, 0.25) is 5.95 Å². The van der Waals surface area contributed by atoms with Crippen molar-refractivity contribution >= 4 is 5.95 Å². The van der Waals surface area contributed by atoms with Crippen molar-refractivity contribution in [2.24, 2.45) is 5.73 Å². The molecule has 4 nitrogen and oxygen atoms in total. The molecule has 4 heteroatoms. The van der Waals surface area contributed by atoms with Gasteiger partial charge in [0.15, 0.2) is 0 Å². The highest BCUT2D eigenvalue weighted by Gasteiger charge is 2.38. The summed E-state index contributed by atoms with van der Waals surface area (Å²) in [5.74, 6) is 0.789. The topological polar surface area (TPSA) is 55.0 Å².